The van der Waals surface area contributed by atoms with Crippen LogP contribution >= 0.6 is 0 Å². The average Bonchev–Trinajstić information content (AvgIpc) is 3.41. The van der Waals surface area contributed by atoms with E-state index in [0.29, 0.717) is 6.61 Å². The van der Waals surface area contributed by atoms with Crippen LogP contribution in [-0.2, 0) is 6.54 Å². The van der Waals surface area contributed by atoms with Crippen LogP contribution < -0.4 is 10.1 Å². The second-order valence-corrected chi connectivity index (χ2v) is 7.71. The van der Waals surface area contributed by atoms with E-state index in [1.54, 1.807) is 12.1 Å². The van der Waals surface area contributed by atoms with Crippen LogP contribution in [0.4, 0.5) is 0 Å². The summed E-state index contributed by atoms with van der Waals surface area (Å²) in [6.07, 6.45) is 2.31. The van der Waals surface area contributed by atoms with E-state index in [1.165, 1.54) is 6.26 Å². The van der Waals surface area contributed by atoms with Gasteiger partial charge < -0.3 is 19.0 Å². The Bertz CT molecular complexity index is 1160. The van der Waals surface area contributed by atoms with Crippen molar-refractivity contribution in [2.24, 2.45) is 0 Å². The smallest absolute Gasteiger partial charge is 0.287 e. The van der Waals surface area contributed by atoms with Crippen LogP contribution in [0.3, 0.4) is 0 Å². The minimum Gasteiger partial charge on any atom is -0.493 e. The molecule has 2 aromatic heterocycles. The number of fused-ring (bicyclic) bond motifs is 1. The van der Waals surface area contributed by atoms with E-state index in [-0.39, 0.29) is 17.7 Å². The van der Waals surface area contributed by atoms with E-state index in [4.69, 9.17) is 14.1 Å². The van der Waals surface area contributed by atoms with E-state index in [2.05, 4.69) is 41.9 Å². The zero-order valence-electron chi connectivity index (χ0n) is 18.1. The number of aryl methyl sites for hydroxylation is 3. The van der Waals surface area contributed by atoms with Gasteiger partial charge in [0.25, 0.3) is 5.91 Å². The molecule has 4 rings (SSSR count). The van der Waals surface area contributed by atoms with Crippen LogP contribution in [0.5, 0.6) is 5.75 Å². The molecule has 0 bridgehead atoms. The van der Waals surface area contributed by atoms with Gasteiger partial charge in [-0.3, -0.25) is 4.79 Å². The number of benzene rings is 2. The number of aromatic nitrogens is 2. The van der Waals surface area contributed by atoms with E-state index in [1.807, 2.05) is 31.2 Å². The van der Waals surface area contributed by atoms with Gasteiger partial charge in [-0.05, 0) is 62.6 Å². The summed E-state index contributed by atoms with van der Waals surface area (Å²) in [4.78, 5) is 17.2. The highest BCUT2D eigenvalue weighted by molar-refractivity contribution is 5.91. The van der Waals surface area contributed by atoms with E-state index in [9.17, 15) is 4.79 Å². The van der Waals surface area contributed by atoms with Gasteiger partial charge in [0.1, 0.15) is 11.6 Å². The summed E-state index contributed by atoms with van der Waals surface area (Å²) in [6, 6.07) is 17.3. The fourth-order valence-corrected chi connectivity index (χ4v) is 3.82. The molecule has 0 aliphatic heterocycles. The summed E-state index contributed by atoms with van der Waals surface area (Å²) in [7, 11) is 0. The SMILES string of the molecule is Cc1cccc(C)c1OCCCn1c(C(C)NC(=O)c2ccco2)nc2ccccc21. The summed E-state index contributed by atoms with van der Waals surface area (Å²) in [6.45, 7) is 7.40. The highest BCUT2D eigenvalue weighted by atomic mass is 16.5. The lowest BCUT2D eigenvalue weighted by molar-refractivity contribution is 0.0909. The molecule has 31 heavy (non-hydrogen) atoms. The number of imidazole rings is 1. The van der Waals surface area contributed by atoms with E-state index in [0.717, 1.165) is 46.7 Å². The van der Waals surface area contributed by atoms with Gasteiger partial charge in [-0.15, -0.1) is 0 Å². The van der Waals surface area contributed by atoms with Crippen molar-refractivity contribution in [2.45, 2.75) is 39.8 Å². The summed E-state index contributed by atoms with van der Waals surface area (Å²) in [5.41, 5.74) is 4.24. The molecule has 1 N–H and O–H groups in total. The first-order valence-electron chi connectivity index (χ1n) is 10.5. The van der Waals surface area contributed by atoms with Gasteiger partial charge in [0.15, 0.2) is 5.76 Å². The van der Waals surface area contributed by atoms with Gasteiger partial charge in [-0.25, -0.2) is 4.98 Å². The van der Waals surface area contributed by atoms with Gasteiger partial charge >= 0.3 is 0 Å². The maximum Gasteiger partial charge on any atom is 0.287 e. The summed E-state index contributed by atoms with van der Waals surface area (Å²) in [5, 5.41) is 2.98. The highest BCUT2D eigenvalue weighted by Crippen LogP contribution is 2.24. The van der Waals surface area contributed by atoms with Gasteiger partial charge in [0.2, 0.25) is 0 Å². The van der Waals surface area contributed by atoms with Crippen molar-refractivity contribution in [1.82, 2.24) is 14.9 Å². The minimum atomic E-state index is -0.274. The van der Waals surface area contributed by atoms with Crippen molar-refractivity contribution >= 4 is 16.9 Å². The zero-order valence-corrected chi connectivity index (χ0v) is 18.1. The first kappa shape index (κ1) is 20.7. The molecular weight excluding hydrogens is 390 g/mol. The van der Waals surface area contributed by atoms with Gasteiger partial charge in [-0.1, -0.05) is 30.3 Å². The summed E-state index contributed by atoms with van der Waals surface area (Å²) < 4.78 is 13.4. The predicted octanol–water partition coefficient (Wildman–Crippen LogP) is 5.21. The predicted molar refractivity (Wildman–Crippen MR) is 120 cm³/mol. The van der Waals surface area contributed by atoms with Crippen molar-refractivity contribution in [3.63, 3.8) is 0 Å². The molecule has 0 spiro atoms. The third-order valence-corrected chi connectivity index (χ3v) is 5.35. The van der Waals surface area contributed by atoms with E-state index < -0.39 is 0 Å². The van der Waals surface area contributed by atoms with E-state index >= 15 is 0 Å². The molecule has 4 aromatic rings. The molecule has 0 radical (unpaired) electrons. The molecule has 2 heterocycles. The highest BCUT2D eigenvalue weighted by Gasteiger charge is 2.20. The van der Waals surface area contributed by atoms with Crippen LogP contribution in [0.1, 0.15) is 46.9 Å². The number of amides is 1. The van der Waals surface area contributed by atoms with Gasteiger partial charge in [-0.2, -0.15) is 0 Å². The number of hydrogen-bond acceptors (Lipinski definition) is 4. The summed E-state index contributed by atoms with van der Waals surface area (Å²) >= 11 is 0. The zero-order chi connectivity index (χ0) is 21.8. The molecule has 160 valence electrons. The quantitative estimate of drug-likeness (QED) is 0.400. The van der Waals surface area contributed by atoms with Crippen LogP contribution in [0, 0.1) is 13.8 Å². The van der Waals surface area contributed by atoms with Crippen LogP contribution in [0.15, 0.2) is 65.3 Å². The Morgan fingerprint density at radius 3 is 2.61 bits per heavy atom. The topological polar surface area (TPSA) is 69.3 Å². The fourth-order valence-electron chi connectivity index (χ4n) is 3.82. The largest absolute Gasteiger partial charge is 0.493 e. The lowest BCUT2D eigenvalue weighted by atomic mass is 10.1. The van der Waals surface area contributed by atoms with Crippen LogP contribution in [-0.4, -0.2) is 22.1 Å². The molecule has 0 saturated carbocycles. The maximum absolute atomic E-state index is 12.4. The van der Waals surface area contributed by atoms with Gasteiger partial charge in [0.05, 0.1) is 29.9 Å². The molecule has 1 amide bonds. The van der Waals surface area contributed by atoms with Crippen molar-refractivity contribution in [3.05, 3.63) is 83.6 Å². The number of nitrogens with zero attached hydrogens (tertiary/aromatic N) is 2. The Morgan fingerprint density at radius 1 is 1.10 bits per heavy atom. The molecular formula is C25H27N3O3. The van der Waals surface area contributed by atoms with Gasteiger partial charge in [0, 0.05) is 6.54 Å². The van der Waals surface area contributed by atoms with Crippen LogP contribution in [0.2, 0.25) is 0 Å². The molecule has 1 unspecified atom stereocenters. The Morgan fingerprint density at radius 2 is 1.87 bits per heavy atom. The monoisotopic (exact) mass is 417 g/mol. The van der Waals surface area contributed by atoms with Crippen molar-refractivity contribution in [3.8, 4) is 5.75 Å². The second kappa shape index (κ2) is 9.08. The number of ether oxygens (including phenoxy) is 1. The molecule has 6 nitrogen and oxygen atoms in total. The Labute approximate surface area is 181 Å². The lowest BCUT2D eigenvalue weighted by Gasteiger charge is -2.16. The number of nitrogens with one attached hydrogen (secondary N) is 1. The first-order valence-corrected chi connectivity index (χ1v) is 10.5. The Balaban J connectivity index is 1.49. The third kappa shape index (κ3) is 4.48. The standard InChI is InChI=1S/C25H27N3O3/c1-17-9-6-10-18(2)23(17)31-16-8-14-28-21-12-5-4-11-20(21)27-24(28)19(3)26-25(29)22-13-7-15-30-22/h4-7,9-13,15,19H,8,14,16H2,1-3H3,(H,26,29). The molecule has 0 saturated heterocycles. The molecule has 0 aliphatic carbocycles. The number of carbonyl (C=O) groups excluding carboxylic acids is 1. The first-order chi connectivity index (χ1) is 15.0. The number of furan rings is 1. The molecule has 0 aliphatic rings. The summed E-state index contributed by atoms with van der Waals surface area (Å²) in [5.74, 6) is 1.80. The Kier molecular flexibility index (Phi) is 6.07. The number of rotatable bonds is 8. The van der Waals surface area contributed by atoms with Crippen molar-refractivity contribution in [2.75, 3.05) is 6.61 Å². The molecule has 6 heteroatoms. The molecule has 2 aromatic carbocycles. The van der Waals surface area contributed by atoms with Crippen molar-refractivity contribution < 1.29 is 13.9 Å². The molecule has 0 fully saturated rings. The fraction of sp³-hybridized carbons (Fsp3) is 0.280. The number of carbonyl (C=O) groups is 1. The van der Waals surface area contributed by atoms with Crippen molar-refractivity contribution in [1.29, 1.82) is 0 Å². The normalized spacial score (nSPS) is 12.1. The maximum atomic E-state index is 12.4. The molecule has 1 atom stereocenters. The second-order valence-electron chi connectivity index (χ2n) is 7.71. The minimum absolute atomic E-state index is 0.255. The number of hydrogen-bond donors (Lipinski definition) is 1. The van der Waals surface area contributed by atoms with Crippen LogP contribution in [0.25, 0.3) is 11.0 Å². The third-order valence-electron chi connectivity index (χ3n) is 5.35. The lowest BCUT2D eigenvalue weighted by Crippen LogP contribution is -2.28. The number of para-hydroxylation sites is 3. The Hall–Kier alpha value is -3.54. The average molecular weight is 418 g/mol.